The number of aryl methyl sites for hydroxylation is 1. The monoisotopic (exact) mass is 296 g/mol. The zero-order valence-electron chi connectivity index (χ0n) is 9.86. The Kier molecular flexibility index (Phi) is 5.84. The molecule has 0 saturated carbocycles. The SMILES string of the molecule is Cc1cc(OCCOCCS(=O)(=O)Cl)ccc1F. The van der Waals surface area contributed by atoms with E-state index in [9.17, 15) is 12.8 Å². The molecule has 0 saturated heterocycles. The number of rotatable bonds is 7. The van der Waals surface area contributed by atoms with E-state index >= 15 is 0 Å². The van der Waals surface area contributed by atoms with E-state index in [4.69, 9.17) is 20.2 Å². The van der Waals surface area contributed by atoms with Gasteiger partial charge >= 0.3 is 0 Å². The molecule has 0 aliphatic rings. The van der Waals surface area contributed by atoms with Crippen LogP contribution >= 0.6 is 10.7 Å². The van der Waals surface area contributed by atoms with Crippen LogP contribution in [0.3, 0.4) is 0 Å². The molecule has 0 bridgehead atoms. The second kappa shape index (κ2) is 6.92. The topological polar surface area (TPSA) is 52.6 Å². The van der Waals surface area contributed by atoms with Gasteiger partial charge in [-0.15, -0.1) is 0 Å². The number of hydrogen-bond donors (Lipinski definition) is 0. The summed E-state index contributed by atoms with van der Waals surface area (Å²) in [7, 11) is 1.49. The highest BCUT2D eigenvalue weighted by molar-refractivity contribution is 8.13. The van der Waals surface area contributed by atoms with Crippen molar-refractivity contribution in [3.05, 3.63) is 29.6 Å². The third-order valence-electron chi connectivity index (χ3n) is 2.10. The minimum absolute atomic E-state index is 0.0254. The van der Waals surface area contributed by atoms with Crippen LogP contribution in [0.1, 0.15) is 5.56 Å². The molecular formula is C11H14ClFO4S. The van der Waals surface area contributed by atoms with Gasteiger partial charge in [-0.05, 0) is 30.7 Å². The van der Waals surface area contributed by atoms with E-state index in [1.54, 1.807) is 13.0 Å². The molecule has 1 aromatic carbocycles. The minimum atomic E-state index is -3.51. The van der Waals surface area contributed by atoms with Gasteiger partial charge in [0, 0.05) is 10.7 Å². The Morgan fingerprint density at radius 2 is 2.00 bits per heavy atom. The molecule has 102 valence electrons. The van der Waals surface area contributed by atoms with Gasteiger partial charge in [0.1, 0.15) is 18.2 Å². The largest absolute Gasteiger partial charge is 0.491 e. The molecule has 0 unspecified atom stereocenters. The average Bonchev–Trinajstić information content (AvgIpc) is 2.26. The summed E-state index contributed by atoms with van der Waals surface area (Å²) in [5.41, 5.74) is 0.502. The molecule has 0 N–H and O–H groups in total. The second-order valence-corrected chi connectivity index (χ2v) is 6.51. The summed E-state index contributed by atoms with van der Waals surface area (Å²) in [6, 6.07) is 4.43. The lowest BCUT2D eigenvalue weighted by molar-refractivity contribution is 0.111. The van der Waals surface area contributed by atoms with Crippen LogP contribution in [-0.2, 0) is 13.8 Å². The van der Waals surface area contributed by atoms with E-state index in [1.807, 2.05) is 0 Å². The Labute approximate surface area is 110 Å². The maximum atomic E-state index is 12.9. The van der Waals surface area contributed by atoms with Crippen molar-refractivity contribution in [1.29, 1.82) is 0 Å². The van der Waals surface area contributed by atoms with E-state index in [-0.39, 0.29) is 31.4 Å². The van der Waals surface area contributed by atoms with Gasteiger partial charge in [0.25, 0.3) is 0 Å². The zero-order valence-corrected chi connectivity index (χ0v) is 11.4. The Hall–Kier alpha value is -0.850. The maximum absolute atomic E-state index is 12.9. The van der Waals surface area contributed by atoms with Gasteiger partial charge in [-0.25, -0.2) is 12.8 Å². The van der Waals surface area contributed by atoms with E-state index in [1.165, 1.54) is 12.1 Å². The molecule has 7 heteroatoms. The lowest BCUT2D eigenvalue weighted by Crippen LogP contribution is -2.12. The summed E-state index contributed by atoms with van der Waals surface area (Å²) in [5, 5.41) is 0. The van der Waals surface area contributed by atoms with Gasteiger partial charge in [0.15, 0.2) is 0 Å². The quantitative estimate of drug-likeness (QED) is 0.571. The van der Waals surface area contributed by atoms with Crippen molar-refractivity contribution >= 4 is 19.7 Å². The second-order valence-electron chi connectivity index (χ2n) is 3.61. The summed E-state index contributed by atoms with van der Waals surface area (Å²) in [6.07, 6.45) is 0. The van der Waals surface area contributed by atoms with Gasteiger partial charge in [-0.1, -0.05) is 0 Å². The lowest BCUT2D eigenvalue weighted by atomic mass is 10.2. The van der Waals surface area contributed by atoms with Crippen LogP contribution in [0.25, 0.3) is 0 Å². The Morgan fingerprint density at radius 1 is 1.28 bits per heavy atom. The van der Waals surface area contributed by atoms with Gasteiger partial charge in [0.2, 0.25) is 9.05 Å². The maximum Gasteiger partial charge on any atom is 0.234 e. The Bertz CT molecular complexity index is 490. The van der Waals surface area contributed by atoms with Gasteiger partial charge in [-0.3, -0.25) is 0 Å². The van der Waals surface area contributed by atoms with Crippen molar-refractivity contribution in [3.8, 4) is 5.75 Å². The van der Waals surface area contributed by atoms with Crippen molar-refractivity contribution in [1.82, 2.24) is 0 Å². The first-order valence-corrected chi connectivity index (χ1v) is 7.75. The molecule has 0 spiro atoms. The van der Waals surface area contributed by atoms with Crippen LogP contribution < -0.4 is 4.74 Å². The van der Waals surface area contributed by atoms with Gasteiger partial charge in [-0.2, -0.15) is 0 Å². The molecular weight excluding hydrogens is 283 g/mol. The van der Waals surface area contributed by atoms with Crippen molar-refractivity contribution in [2.45, 2.75) is 6.92 Å². The highest BCUT2D eigenvalue weighted by Crippen LogP contribution is 2.15. The zero-order chi connectivity index (χ0) is 13.6. The first kappa shape index (κ1) is 15.2. The fraction of sp³-hybridized carbons (Fsp3) is 0.455. The van der Waals surface area contributed by atoms with Crippen LogP contribution in [-0.4, -0.2) is 34.0 Å². The normalized spacial score (nSPS) is 11.5. The van der Waals surface area contributed by atoms with Crippen LogP contribution in [0.5, 0.6) is 5.75 Å². The van der Waals surface area contributed by atoms with E-state index in [0.717, 1.165) is 0 Å². The van der Waals surface area contributed by atoms with Crippen molar-refractivity contribution in [2.24, 2.45) is 0 Å². The average molecular weight is 297 g/mol. The number of hydrogen-bond acceptors (Lipinski definition) is 4. The van der Waals surface area contributed by atoms with Crippen molar-refractivity contribution < 1.29 is 22.3 Å². The molecule has 0 amide bonds. The highest BCUT2D eigenvalue weighted by atomic mass is 35.7. The highest BCUT2D eigenvalue weighted by Gasteiger charge is 2.04. The van der Waals surface area contributed by atoms with Gasteiger partial charge < -0.3 is 9.47 Å². The summed E-state index contributed by atoms with van der Waals surface area (Å²) < 4.78 is 44.4. The standard InChI is InChI=1S/C11H14ClFO4S/c1-9-8-10(2-3-11(9)13)17-5-4-16-6-7-18(12,14)15/h2-3,8H,4-7H2,1H3. The molecule has 4 nitrogen and oxygen atoms in total. The van der Waals surface area contributed by atoms with E-state index in [0.29, 0.717) is 11.3 Å². The van der Waals surface area contributed by atoms with Crippen molar-refractivity contribution in [2.75, 3.05) is 25.6 Å². The Balaban J connectivity index is 2.20. The Morgan fingerprint density at radius 3 is 2.61 bits per heavy atom. The molecule has 18 heavy (non-hydrogen) atoms. The molecule has 0 heterocycles. The minimum Gasteiger partial charge on any atom is -0.491 e. The summed E-state index contributed by atoms with van der Waals surface area (Å²) in [5.74, 6) is 0.0258. The van der Waals surface area contributed by atoms with Crippen molar-refractivity contribution in [3.63, 3.8) is 0 Å². The summed E-state index contributed by atoms with van der Waals surface area (Å²) in [4.78, 5) is 0. The smallest absolute Gasteiger partial charge is 0.234 e. The summed E-state index contributed by atoms with van der Waals surface area (Å²) in [6.45, 7) is 2.16. The van der Waals surface area contributed by atoms with E-state index < -0.39 is 9.05 Å². The molecule has 1 rings (SSSR count). The molecule has 0 aliphatic heterocycles. The van der Waals surface area contributed by atoms with E-state index in [2.05, 4.69) is 0 Å². The molecule has 0 aromatic heterocycles. The third-order valence-corrected chi connectivity index (χ3v) is 3.21. The third kappa shape index (κ3) is 6.18. The first-order valence-electron chi connectivity index (χ1n) is 5.27. The number of benzene rings is 1. The number of halogens is 2. The fourth-order valence-corrected chi connectivity index (χ4v) is 1.69. The molecule has 0 atom stereocenters. The van der Waals surface area contributed by atoms with Crippen LogP contribution in [0.15, 0.2) is 18.2 Å². The van der Waals surface area contributed by atoms with Crippen LogP contribution in [0.2, 0.25) is 0 Å². The van der Waals surface area contributed by atoms with Crippen LogP contribution in [0.4, 0.5) is 4.39 Å². The first-order chi connectivity index (χ1) is 8.38. The number of ether oxygens (including phenoxy) is 2. The van der Waals surface area contributed by atoms with Crippen LogP contribution in [0, 0.1) is 12.7 Å². The summed E-state index contributed by atoms with van der Waals surface area (Å²) >= 11 is 0. The molecule has 1 aromatic rings. The fourth-order valence-electron chi connectivity index (χ4n) is 1.19. The lowest BCUT2D eigenvalue weighted by Gasteiger charge is -2.07. The predicted octanol–water partition coefficient (Wildman–Crippen LogP) is 2.10. The van der Waals surface area contributed by atoms with Gasteiger partial charge in [0.05, 0.1) is 19.0 Å². The molecule has 0 radical (unpaired) electrons. The predicted molar refractivity (Wildman–Crippen MR) is 67.1 cm³/mol. The molecule has 0 fully saturated rings. The molecule has 0 aliphatic carbocycles.